The Hall–Kier alpha value is -1.31. The monoisotopic (exact) mass is 274 g/mol. The lowest BCUT2D eigenvalue weighted by atomic mass is 9.89. The third-order valence-corrected chi connectivity index (χ3v) is 3.56. The van der Waals surface area contributed by atoms with Gasteiger partial charge in [0.1, 0.15) is 0 Å². The van der Waals surface area contributed by atoms with E-state index in [-0.39, 0.29) is 0 Å². The summed E-state index contributed by atoms with van der Waals surface area (Å²) >= 11 is 6.23. The van der Waals surface area contributed by atoms with E-state index in [1.54, 1.807) is 0 Å². The Labute approximate surface area is 119 Å². The predicted octanol–water partition coefficient (Wildman–Crippen LogP) is 4.18. The van der Waals surface area contributed by atoms with Crippen molar-refractivity contribution < 1.29 is 5.11 Å². The summed E-state index contributed by atoms with van der Waals surface area (Å²) in [4.78, 5) is 0. The lowest BCUT2D eigenvalue weighted by Crippen LogP contribution is -2.30. The Morgan fingerprint density at radius 3 is 2.37 bits per heavy atom. The minimum Gasteiger partial charge on any atom is -0.389 e. The Kier molecular flexibility index (Phi) is 4.28. The molecule has 1 nitrogen and oxygen atoms in total. The summed E-state index contributed by atoms with van der Waals surface area (Å²) in [5.74, 6) is 0. The van der Waals surface area contributed by atoms with Gasteiger partial charge in [0.05, 0.1) is 5.60 Å². The van der Waals surface area contributed by atoms with Crippen LogP contribution in [0.3, 0.4) is 0 Å². The van der Waals surface area contributed by atoms with E-state index in [2.05, 4.69) is 0 Å². The molecule has 0 aromatic heterocycles. The van der Waals surface area contributed by atoms with Gasteiger partial charge in [0.15, 0.2) is 0 Å². The van der Waals surface area contributed by atoms with Crippen molar-refractivity contribution in [3.8, 4) is 0 Å². The topological polar surface area (TPSA) is 20.2 Å². The molecule has 0 spiro atoms. The van der Waals surface area contributed by atoms with Gasteiger partial charge in [-0.05, 0) is 36.6 Å². The molecule has 1 unspecified atom stereocenters. The van der Waals surface area contributed by atoms with E-state index in [9.17, 15) is 5.11 Å². The first-order valence-electron chi connectivity index (χ1n) is 6.48. The van der Waals surface area contributed by atoms with Crippen molar-refractivity contribution in [1.29, 1.82) is 0 Å². The van der Waals surface area contributed by atoms with Crippen LogP contribution in [0.15, 0.2) is 48.5 Å². The standard InChI is InChI=1S/C17H19ClO/c1-13-8-9-15(16(18)10-13)12-17(2,19)11-14-6-4-3-5-7-14/h3-10,19H,11-12H2,1-2H3. The predicted molar refractivity (Wildman–Crippen MR) is 80.7 cm³/mol. The SMILES string of the molecule is Cc1ccc(CC(C)(O)Cc2ccccc2)c(Cl)c1. The van der Waals surface area contributed by atoms with Crippen LogP contribution < -0.4 is 0 Å². The second-order valence-corrected chi connectivity index (χ2v) is 5.84. The van der Waals surface area contributed by atoms with Crippen LogP contribution in [0.25, 0.3) is 0 Å². The Balaban J connectivity index is 2.12. The van der Waals surface area contributed by atoms with Crippen molar-refractivity contribution in [2.24, 2.45) is 0 Å². The van der Waals surface area contributed by atoms with E-state index >= 15 is 0 Å². The fourth-order valence-corrected chi connectivity index (χ4v) is 2.61. The summed E-state index contributed by atoms with van der Waals surface area (Å²) in [5.41, 5.74) is 2.47. The molecule has 0 saturated heterocycles. The van der Waals surface area contributed by atoms with E-state index < -0.39 is 5.60 Å². The number of aryl methyl sites for hydroxylation is 1. The maximum Gasteiger partial charge on any atom is 0.0700 e. The van der Waals surface area contributed by atoms with Gasteiger partial charge in [0.25, 0.3) is 0 Å². The minimum absolute atomic E-state index is 0.557. The van der Waals surface area contributed by atoms with Crippen molar-refractivity contribution >= 4 is 11.6 Å². The van der Waals surface area contributed by atoms with Crippen molar-refractivity contribution in [1.82, 2.24) is 0 Å². The van der Waals surface area contributed by atoms with Crippen LogP contribution in [0, 0.1) is 6.92 Å². The summed E-state index contributed by atoms with van der Waals surface area (Å²) in [7, 11) is 0. The quantitative estimate of drug-likeness (QED) is 0.887. The molecule has 0 aliphatic heterocycles. The first kappa shape index (κ1) is 14.1. The highest BCUT2D eigenvalue weighted by molar-refractivity contribution is 6.31. The average molecular weight is 275 g/mol. The fourth-order valence-electron chi connectivity index (χ4n) is 2.30. The van der Waals surface area contributed by atoms with Crippen molar-refractivity contribution in [3.63, 3.8) is 0 Å². The summed E-state index contributed by atoms with van der Waals surface area (Å²) in [6.45, 7) is 3.87. The highest BCUT2D eigenvalue weighted by Crippen LogP contribution is 2.24. The number of halogens is 1. The number of hydrogen-bond donors (Lipinski definition) is 1. The molecular weight excluding hydrogens is 256 g/mol. The highest BCUT2D eigenvalue weighted by Gasteiger charge is 2.22. The van der Waals surface area contributed by atoms with Crippen molar-refractivity contribution in [3.05, 3.63) is 70.2 Å². The summed E-state index contributed by atoms with van der Waals surface area (Å²) < 4.78 is 0. The van der Waals surface area contributed by atoms with Crippen LogP contribution in [-0.2, 0) is 12.8 Å². The van der Waals surface area contributed by atoms with Crippen molar-refractivity contribution in [2.75, 3.05) is 0 Å². The molecule has 0 amide bonds. The third-order valence-electron chi connectivity index (χ3n) is 3.21. The van der Waals surface area contributed by atoms with Crippen LogP contribution >= 0.6 is 11.6 Å². The van der Waals surface area contributed by atoms with E-state index in [0.29, 0.717) is 12.8 Å². The van der Waals surface area contributed by atoms with Gasteiger partial charge in [-0.3, -0.25) is 0 Å². The zero-order valence-electron chi connectivity index (χ0n) is 11.4. The maximum atomic E-state index is 10.6. The summed E-state index contributed by atoms with van der Waals surface area (Å²) in [5, 5.41) is 11.3. The lowest BCUT2D eigenvalue weighted by molar-refractivity contribution is 0.0608. The van der Waals surface area contributed by atoms with Gasteiger partial charge in [-0.15, -0.1) is 0 Å². The molecule has 0 saturated carbocycles. The molecule has 2 aromatic rings. The first-order chi connectivity index (χ1) is 8.96. The number of benzene rings is 2. The Morgan fingerprint density at radius 1 is 1.05 bits per heavy atom. The molecule has 2 heteroatoms. The van der Waals surface area contributed by atoms with E-state index in [4.69, 9.17) is 11.6 Å². The molecule has 2 aromatic carbocycles. The zero-order valence-corrected chi connectivity index (χ0v) is 12.1. The Bertz CT molecular complexity index is 546. The van der Waals surface area contributed by atoms with E-state index in [1.165, 1.54) is 0 Å². The minimum atomic E-state index is -0.791. The van der Waals surface area contributed by atoms with Crippen LogP contribution in [0.4, 0.5) is 0 Å². The molecule has 0 aliphatic carbocycles. The normalized spacial score (nSPS) is 14.1. The van der Waals surface area contributed by atoms with Gasteiger partial charge in [0, 0.05) is 17.9 Å². The van der Waals surface area contributed by atoms with Gasteiger partial charge in [-0.25, -0.2) is 0 Å². The van der Waals surface area contributed by atoms with Crippen LogP contribution in [-0.4, -0.2) is 10.7 Å². The molecule has 0 heterocycles. The van der Waals surface area contributed by atoms with Crippen LogP contribution in [0.5, 0.6) is 0 Å². The molecule has 1 N–H and O–H groups in total. The van der Waals surface area contributed by atoms with E-state index in [0.717, 1.165) is 21.7 Å². The molecular formula is C17H19ClO. The largest absolute Gasteiger partial charge is 0.389 e. The highest BCUT2D eigenvalue weighted by atomic mass is 35.5. The van der Waals surface area contributed by atoms with Gasteiger partial charge >= 0.3 is 0 Å². The third kappa shape index (κ3) is 4.09. The number of hydrogen-bond acceptors (Lipinski definition) is 1. The molecule has 100 valence electrons. The van der Waals surface area contributed by atoms with Gasteiger partial charge in [-0.2, -0.15) is 0 Å². The molecule has 19 heavy (non-hydrogen) atoms. The van der Waals surface area contributed by atoms with Gasteiger partial charge in [0.2, 0.25) is 0 Å². The lowest BCUT2D eigenvalue weighted by Gasteiger charge is -2.24. The number of aliphatic hydroxyl groups is 1. The zero-order chi connectivity index (χ0) is 13.9. The molecule has 2 rings (SSSR count). The van der Waals surface area contributed by atoms with E-state index in [1.807, 2.05) is 62.4 Å². The molecule has 0 bridgehead atoms. The Morgan fingerprint density at radius 2 is 1.74 bits per heavy atom. The molecule has 0 fully saturated rings. The van der Waals surface area contributed by atoms with Crippen molar-refractivity contribution in [2.45, 2.75) is 32.3 Å². The maximum absolute atomic E-state index is 10.6. The average Bonchev–Trinajstić information content (AvgIpc) is 2.33. The second kappa shape index (κ2) is 5.77. The summed E-state index contributed by atoms with van der Waals surface area (Å²) in [6.07, 6.45) is 1.18. The summed E-state index contributed by atoms with van der Waals surface area (Å²) in [6, 6.07) is 16.0. The van der Waals surface area contributed by atoms with Gasteiger partial charge in [-0.1, -0.05) is 54.1 Å². The first-order valence-corrected chi connectivity index (χ1v) is 6.85. The number of rotatable bonds is 4. The fraction of sp³-hybridized carbons (Fsp3) is 0.294. The smallest absolute Gasteiger partial charge is 0.0700 e. The molecule has 1 atom stereocenters. The second-order valence-electron chi connectivity index (χ2n) is 5.43. The van der Waals surface area contributed by atoms with Crippen LogP contribution in [0.1, 0.15) is 23.6 Å². The molecule has 0 radical (unpaired) electrons. The van der Waals surface area contributed by atoms with Gasteiger partial charge < -0.3 is 5.11 Å². The molecule has 0 aliphatic rings. The van der Waals surface area contributed by atoms with Crippen LogP contribution in [0.2, 0.25) is 5.02 Å².